The Hall–Kier alpha value is 0.181. The summed E-state index contributed by atoms with van der Waals surface area (Å²) in [6.07, 6.45) is 7.45. The van der Waals surface area contributed by atoms with E-state index in [0.29, 0.717) is 35.5 Å². The van der Waals surface area contributed by atoms with E-state index in [0.717, 1.165) is 0 Å². The van der Waals surface area contributed by atoms with E-state index in [4.69, 9.17) is 0 Å². The Morgan fingerprint density at radius 3 is 1.00 bits per heavy atom. The Labute approximate surface area is 258 Å². The van der Waals surface area contributed by atoms with Crippen molar-refractivity contribution in [3.8, 4) is 0 Å². The molecule has 6 unspecified atom stereocenters. The predicted octanol–water partition coefficient (Wildman–Crippen LogP) is 11.5. The van der Waals surface area contributed by atoms with E-state index >= 15 is 0 Å². The molecule has 2 rings (SSSR count). The summed E-state index contributed by atoms with van der Waals surface area (Å²) in [4.78, 5) is 0. The second-order valence-corrected chi connectivity index (χ2v) is 11.3. The molecule has 0 amide bonds. The van der Waals surface area contributed by atoms with Crippen LogP contribution in [-0.4, -0.2) is 45.5 Å². The van der Waals surface area contributed by atoms with Crippen LogP contribution in [0.5, 0.6) is 0 Å². The van der Waals surface area contributed by atoms with Gasteiger partial charge < -0.3 is 0 Å². The molecule has 0 aliphatic heterocycles. The molecule has 6 atom stereocenters. The van der Waals surface area contributed by atoms with E-state index in [1.807, 2.05) is 0 Å². The maximum atomic E-state index is 2.48. The van der Waals surface area contributed by atoms with Gasteiger partial charge in [0.15, 0.2) is 0 Å². The molecule has 0 fully saturated rings. The summed E-state index contributed by atoms with van der Waals surface area (Å²) in [5, 5.41) is 0. The molecule has 196 valence electrons. The normalized spacial score (nSPS) is 16.3. The SMILES string of the molecule is CCC(C)c1cc(C(C)CC)[c-](C(C)CC)c1.CCC(C)c1cc(C(C)CC)[c-](C(C)CC)c1.[Sr+2]. The van der Waals surface area contributed by atoms with Gasteiger partial charge in [0.1, 0.15) is 0 Å². The van der Waals surface area contributed by atoms with Crippen LogP contribution in [0.15, 0.2) is 24.3 Å². The molecule has 0 spiro atoms. The van der Waals surface area contributed by atoms with Crippen LogP contribution in [0.2, 0.25) is 0 Å². The maximum absolute atomic E-state index is 2.48. The smallest absolute Gasteiger partial charge is 0.207 e. The Balaban J connectivity index is 0.000000642. The van der Waals surface area contributed by atoms with E-state index in [1.165, 1.54) is 38.5 Å². The van der Waals surface area contributed by atoms with Crippen molar-refractivity contribution in [2.45, 2.75) is 157 Å². The van der Waals surface area contributed by atoms with E-state index in [2.05, 4.69) is 107 Å². The predicted molar refractivity (Wildman–Crippen MR) is 162 cm³/mol. The molecule has 0 aromatic heterocycles. The van der Waals surface area contributed by atoms with Crippen LogP contribution >= 0.6 is 0 Å². The molecule has 0 saturated carbocycles. The largest absolute Gasteiger partial charge is 2.00 e. The van der Waals surface area contributed by atoms with Crippen molar-refractivity contribution in [2.75, 3.05) is 0 Å². The van der Waals surface area contributed by atoms with Gasteiger partial charge in [-0.2, -0.15) is 45.5 Å². The quantitative estimate of drug-likeness (QED) is 0.181. The van der Waals surface area contributed by atoms with E-state index in [1.54, 1.807) is 33.4 Å². The third-order valence-electron chi connectivity index (χ3n) is 8.89. The van der Waals surface area contributed by atoms with Gasteiger partial charge in [0, 0.05) is 0 Å². The molecule has 0 aliphatic carbocycles. The first kappa shape index (κ1) is 35.2. The molecule has 2 aromatic carbocycles. The van der Waals surface area contributed by atoms with Crippen LogP contribution in [0.1, 0.15) is 190 Å². The van der Waals surface area contributed by atoms with Crippen LogP contribution in [0.25, 0.3) is 0 Å². The molecule has 35 heavy (non-hydrogen) atoms. The van der Waals surface area contributed by atoms with E-state index < -0.39 is 0 Å². The summed E-state index contributed by atoms with van der Waals surface area (Å²) >= 11 is 0. The van der Waals surface area contributed by atoms with Gasteiger partial charge in [0.05, 0.1) is 0 Å². The van der Waals surface area contributed by atoms with Gasteiger partial charge in [0.25, 0.3) is 0 Å². The Morgan fingerprint density at radius 1 is 0.486 bits per heavy atom. The minimum atomic E-state index is 0. The van der Waals surface area contributed by atoms with Gasteiger partial charge in [-0.1, -0.05) is 145 Å². The third kappa shape index (κ3) is 9.77. The summed E-state index contributed by atoms with van der Waals surface area (Å²) in [6.45, 7) is 27.9. The molecule has 0 aliphatic rings. The van der Waals surface area contributed by atoms with Crippen molar-refractivity contribution >= 4 is 45.5 Å². The Bertz CT molecular complexity index is 683. The van der Waals surface area contributed by atoms with Crippen LogP contribution in [0, 0.1) is 0 Å². The van der Waals surface area contributed by atoms with Crippen LogP contribution in [0.4, 0.5) is 0 Å². The summed E-state index contributed by atoms with van der Waals surface area (Å²) < 4.78 is 0. The van der Waals surface area contributed by atoms with Crippen molar-refractivity contribution in [3.63, 3.8) is 0 Å². The molecule has 0 nitrogen and oxygen atoms in total. The molecule has 1 heteroatoms. The molecular formula is C34H58Sr. The number of rotatable bonds is 12. The average molecular weight is 554 g/mol. The fourth-order valence-corrected chi connectivity index (χ4v) is 4.76. The molecule has 0 heterocycles. The van der Waals surface area contributed by atoms with Crippen molar-refractivity contribution in [1.82, 2.24) is 0 Å². The second kappa shape index (κ2) is 17.6. The zero-order valence-corrected chi connectivity index (χ0v) is 29.2. The standard InChI is InChI=1S/2C17H29.Sr/c2*1-7-12(4)15-10-16(13(5)8-2)17(11-15)14(6)9-3;/h2*10-14H,7-9H2,1-6H3;/q2*-1;+2. The summed E-state index contributed by atoms with van der Waals surface area (Å²) in [6, 6.07) is 9.90. The molecular weight excluding hydrogens is 496 g/mol. The van der Waals surface area contributed by atoms with Crippen molar-refractivity contribution < 1.29 is 0 Å². The summed E-state index contributed by atoms with van der Waals surface area (Å²) in [7, 11) is 0. The first-order valence-electron chi connectivity index (χ1n) is 14.7. The van der Waals surface area contributed by atoms with Gasteiger partial charge in [-0.25, -0.2) is 12.1 Å². The number of hydrogen-bond donors (Lipinski definition) is 0. The van der Waals surface area contributed by atoms with Gasteiger partial charge in [-0.05, 0) is 11.8 Å². The fourth-order valence-electron chi connectivity index (χ4n) is 4.76. The Morgan fingerprint density at radius 2 is 0.771 bits per heavy atom. The van der Waals surface area contributed by atoms with Crippen molar-refractivity contribution in [1.29, 1.82) is 0 Å². The van der Waals surface area contributed by atoms with Gasteiger partial charge in [-0.3, -0.25) is 0 Å². The minimum Gasteiger partial charge on any atom is -0.207 e. The maximum Gasteiger partial charge on any atom is 2.00 e. The van der Waals surface area contributed by atoms with Crippen molar-refractivity contribution in [3.05, 3.63) is 57.6 Å². The van der Waals surface area contributed by atoms with Gasteiger partial charge in [-0.15, -0.1) is 0 Å². The average Bonchev–Trinajstić information content (AvgIpc) is 3.51. The summed E-state index contributed by atoms with van der Waals surface area (Å²) in [5.74, 6) is 4.23. The van der Waals surface area contributed by atoms with Crippen LogP contribution in [0.3, 0.4) is 0 Å². The Kier molecular flexibility index (Phi) is 17.7. The molecule has 0 radical (unpaired) electrons. The monoisotopic (exact) mass is 554 g/mol. The van der Waals surface area contributed by atoms with Crippen LogP contribution < -0.4 is 0 Å². The zero-order chi connectivity index (χ0) is 26.0. The summed E-state index contributed by atoms with van der Waals surface area (Å²) in [5.41, 5.74) is 9.54. The fraction of sp³-hybridized carbons (Fsp3) is 0.706. The third-order valence-corrected chi connectivity index (χ3v) is 8.89. The second-order valence-electron chi connectivity index (χ2n) is 11.3. The molecule has 0 N–H and O–H groups in total. The van der Waals surface area contributed by atoms with Gasteiger partial charge in [0.2, 0.25) is 0 Å². The van der Waals surface area contributed by atoms with E-state index in [9.17, 15) is 0 Å². The number of hydrogen-bond acceptors (Lipinski definition) is 0. The first-order chi connectivity index (χ1) is 16.1. The minimum absolute atomic E-state index is 0. The van der Waals surface area contributed by atoms with Gasteiger partial charge >= 0.3 is 45.5 Å². The molecule has 0 bridgehead atoms. The molecule has 0 saturated heterocycles. The zero-order valence-electron chi connectivity index (χ0n) is 25.7. The van der Waals surface area contributed by atoms with Crippen molar-refractivity contribution in [2.24, 2.45) is 0 Å². The van der Waals surface area contributed by atoms with E-state index in [-0.39, 0.29) is 45.5 Å². The first-order valence-corrected chi connectivity index (χ1v) is 14.7. The van der Waals surface area contributed by atoms with Crippen LogP contribution in [-0.2, 0) is 0 Å². The topological polar surface area (TPSA) is 0 Å². The molecule has 2 aromatic rings.